The van der Waals surface area contributed by atoms with Crippen LogP contribution in [0.15, 0.2) is 4.99 Å². The summed E-state index contributed by atoms with van der Waals surface area (Å²) in [5.41, 5.74) is 0. The summed E-state index contributed by atoms with van der Waals surface area (Å²) in [4.78, 5) is 3.66. The van der Waals surface area contributed by atoms with Gasteiger partial charge in [-0.25, -0.2) is 10.4 Å². The highest BCUT2D eigenvalue weighted by Crippen LogP contribution is 1.90. The predicted octanol–water partition coefficient (Wildman–Crippen LogP) is 1.54. The second kappa shape index (κ2) is 3.57. The Bertz CT molecular complexity index is 82.1. The highest BCUT2D eigenvalue weighted by atomic mass is 14.8. The Morgan fingerprint density at radius 2 is 2.43 bits per heavy atom. The van der Waals surface area contributed by atoms with Crippen LogP contribution in [0.25, 0.3) is 0 Å². The fourth-order valence-corrected chi connectivity index (χ4v) is 0.201. The molecule has 0 bridgehead atoms. The minimum absolute atomic E-state index is 0.275. The molecule has 0 aromatic rings. The van der Waals surface area contributed by atoms with Gasteiger partial charge < -0.3 is 0 Å². The summed E-state index contributed by atoms with van der Waals surface area (Å²) in [6, 6.07) is 2.27. The summed E-state index contributed by atoms with van der Waals surface area (Å²) in [6.07, 6.45) is 0.992. The molecule has 2 nitrogen and oxygen atoms in total. The molecule has 0 heterocycles. The van der Waals surface area contributed by atoms with Crippen molar-refractivity contribution in [2.24, 2.45) is 4.99 Å². The van der Waals surface area contributed by atoms with E-state index >= 15 is 0 Å². The van der Waals surface area contributed by atoms with Gasteiger partial charge in [-0.05, 0) is 13.3 Å². The first kappa shape index (κ1) is 6.38. The van der Waals surface area contributed by atoms with Gasteiger partial charge in [-0.2, -0.15) is 0 Å². The molecule has 0 aliphatic rings. The van der Waals surface area contributed by atoms with Crippen LogP contribution < -0.4 is 0 Å². The SMILES string of the molecule is CCC(C)N=C=N. The van der Waals surface area contributed by atoms with E-state index in [9.17, 15) is 0 Å². The Morgan fingerprint density at radius 1 is 1.86 bits per heavy atom. The molecule has 0 fully saturated rings. The first-order valence-corrected chi connectivity index (χ1v) is 2.42. The number of nitrogens with one attached hydrogen (secondary N) is 1. The molecule has 0 radical (unpaired) electrons. The lowest BCUT2D eigenvalue weighted by atomic mass is 10.3. The predicted molar refractivity (Wildman–Crippen MR) is 29.9 cm³/mol. The maximum Gasteiger partial charge on any atom is 0.0864 e. The maximum absolute atomic E-state index is 6.42. The van der Waals surface area contributed by atoms with Gasteiger partial charge in [0.1, 0.15) is 0 Å². The zero-order chi connectivity index (χ0) is 5.70. The molecule has 40 valence electrons. The van der Waals surface area contributed by atoms with Crippen molar-refractivity contribution < 1.29 is 0 Å². The van der Waals surface area contributed by atoms with Crippen molar-refractivity contribution in [1.82, 2.24) is 0 Å². The van der Waals surface area contributed by atoms with Crippen LogP contribution >= 0.6 is 0 Å². The molecule has 0 saturated heterocycles. The van der Waals surface area contributed by atoms with Crippen molar-refractivity contribution in [3.8, 4) is 0 Å². The second-order valence-corrected chi connectivity index (χ2v) is 1.50. The Hall–Kier alpha value is -0.620. The van der Waals surface area contributed by atoms with E-state index in [1.165, 1.54) is 0 Å². The quantitative estimate of drug-likeness (QED) is 0.508. The fourth-order valence-electron chi connectivity index (χ4n) is 0.201. The Kier molecular flexibility index (Phi) is 3.25. The highest BCUT2D eigenvalue weighted by molar-refractivity contribution is 5.36. The third-order valence-corrected chi connectivity index (χ3v) is 0.876. The van der Waals surface area contributed by atoms with E-state index < -0.39 is 0 Å². The van der Waals surface area contributed by atoms with E-state index in [1.807, 2.05) is 19.9 Å². The molecule has 1 atom stereocenters. The molecule has 1 unspecified atom stereocenters. The highest BCUT2D eigenvalue weighted by Gasteiger charge is 1.87. The average Bonchev–Trinajstić information content (AvgIpc) is 1.68. The topological polar surface area (TPSA) is 36.2 Å². The Balaban J connectivity index is 3.35. The second-order valence-electron chi connectivity index (χ2n) is 1.50. The van der Waals surface area contributed by atoms with Gasteiger partial charge in [-0.15, -0.1) is 0 Å². The molecule has 2 heteroatoms. The van der Waals surface area contributed by atoms with Crippen LogP contribution in [0.2, 0.25) is 0 Å². The molecule has 0 amide bonds. The monoisotopic (exact) mass is 98.1 g/mol. The number of rotatable bonds is 2. The average molecular weight is 98.1 g/mol. The molecule has 0 aromatic carbocycles. The molecule has 1 N–H and O–H groups in total. The lowest BCUT2D eigenvalue weighted by molar-refractivity contribution is 0.720. The molecule has 0 aliphatic carbocycles. The lowest BCUT2D eigenvalue weighted by Crippen LogP contribution is -1.91. The third kappa shape index (κ3) is 3.20. The van der Waals surface area contributed by atoms with Crippen molar-refractivity contribution in [3.63, 3.8) is 0 Å². The smallest absolute Gasteiger partial charge is 0.0864 e. The molecule has 0 spiro atoms. The zero-order valence-electron chi connectivity index (χ0n) is 4.73. The number of aliphatic imine (C=N–C) groups is 1. The lowest BCUT2D eigenvalue weighted by Gasteiger charge is -1.92. The van der Waals surface area contributed by atoms with E-state index in [4.69, 9.17) is 5.41 Å². The van der Waals surface area contributed by atoms with Crippen LogP contribution in [0.5, 0.6) is 0 Å². The van der Waals surface area contributed by atoms with Gasteiger partial charge in [0.2, 0.25) is 0 Å². The third-order valence-electron chi connectivity index (χ3n) is 0.876. The summed E-state index contributed by atoms with van der Waals surface area (Å²) in [7, 11) is 0. The van der Waals surface area contributed by atoms with Crippen LogP contribution in [0.3, 0.4) is 0 Å². The molecular weight excluding hydrogens is 88.1 g/mol. The van der Waals surface area contributed by atoms with E-state index in [0.717, 1.165) is 6.42 Å². The fraction of sp³-hybridized carbons (Fsp3) is 0.800. The zero-order valence-corrected chi connectivity index (χ0v) is 4.73. The molecular formula is C5H10N2. The van der Waals surface area contributed by atoms with Crippen LogP contribution in [-0.2, 0) is 0 Å². The molecule has 0 aliphatic heterocycles. The van der Waals surface area contributed by atoms with Crippen molar-refractivity contribution in [2.75, 3.05) is 0 Å². The summed E-state index contributed by atoms with van der Waals surface area (Å²) >= 11 is 0. The van der Waals surface area contributed by atoms with E-state index in [1.54, 1.807) is 0 Å². The first-order chi connectivity index (χ1) is 3.31. The molecule has 0 saturated carbocycles. The molecule has 0 rings (SSSR count). The van der Waals surface area contributed by atoms with E-state index in [0.29, 0.717) is 0 Å². The van der Waals surface area contributed by atoms with Crippen LogP contribution in [0.4, 0.5) is 0 Å². The minimum atomic E-state index is 0.275. The largest absolute Gasteiger partial charge is 0.242 e. The van der Waals surface area contributed by atoms with Crippen LogP contribution in [-0.4, -0.2) is 12.1 Å². The standard InChI is InChI=1S/C5H10N2/c1-3-5(2)7-4-6/h5-6H,3H2,1-2H3. The summed E-state index contributed by atoms with van der Waals surface area (Å²) in [5, 5.41) is 6.42. The number of hydrogen-bond donors (Lipinski definition) is 1. The van der Waals surface area contributed by atoms with Gasteiger partial charge in [0.25, 0.3) is 0 Å². The van der Waals surface area contributed by atoms with Crippen molar-refractivity contribution >= 4 is 6.01 Å². The van der Waals surface area contributed by atoms with Crippen LogP contribution in [0.1, 0.15) is 20.3 Å². The van der Waals surface area contributed by atoms with Gasteiger partial charge in [-0.3, -0.25) is 0 Å². The van der Waals surface area contributed by atoms with Gasteiger partial charge in [0, 0.05) is 0 Å². The van der Waals surface area contributed by atoms with Crippen molar-refractivity contribution in [2.45, 2.75) is 26.3 Å². The van der Waals surface area contributed by atoms with Crippen molar-refractivity contribution in [3.05, 3.63) is 0 Å². The van der Waals surface area contributed by atoms with Gasteiger partial charge in [-0.1, -0.05) is 6.92 Å². The van der Waals surface area contributed by atoms with E-state index in [2.05, 4.69) is 4.99 Å². The van der Waals surface area contributed by atoms with Crippen LogP contribution in [0, 0.1) is 5.41 Å². The van der Waals surface area contributed by atoms with Gasteiger partial charge in [0.15, 0.2) is 0 Å². The van der Waals surface area contributed by atoms with Gasteiger partial charge >= 0.3 is 0 Å². The Morgan fingerprint density at radius 3 is 2.57 bits per heavy atom. The first-order valence-electron chi connectivity index (χ1n) is 2.42. The number of nitrogens with zero attached hydrogens (tertiary/aromatic N) is 1. The van der Waals surface area contributed by atoms with E-state index in [-0.39, 0.29) is 6.04 Å². The minimum Gasteiger partial charge on any atom is -0.242 e. The number of hydrogen-bond acceptors (Lipinski definition) is 2. The molecule has 7 heavy (non-hydrogen) atoms. The summed E-state index contributed by atoms with van der Waals surface area (Å²) in [5.74, 6) is 0. The Labute approximate surface area is 43.8 Å². The normalized spacial score (nSPS) is 12.3. The summed E-state index contributed by atoms with van der Waals surface area (Å²) < 4.78 is 0. The molecule has 0 aromatic heterocycles. The van der Waals surface area contributed by atoms with Crippen molar-refractivity contribution in [1.29, 1.82) is 5.41 Å². The summed E-state index contributed by atoms with van der Waals surface area (Å²) in [6.45, 7) is 3.99. The van der Waals surface area contributed by atoms with Gasteiger partial charge in [0.05, 0.1) is 12.1 Å². The maximum atomic E-state index is 6.42.